The first-order valence-corrected chi connectivity index (χ1v) is 7.13. The van der Waals surface area contributed by atoms with Gasteiger partial charge in [-0.05, 0) is 36.4 Å². The lowest BCUT2D eigenvalue weighted by molar-refractivity contribution is -0.133. The Balaban J connectivity index is 1.97. The van der Waals surface area contributed by atoms with Gasteiger partial charge in [0.1, 0.15) is 6.54 Å². The van der Waals surface area contributed by atoms with E-state index < -0.39 is 0 Å². The molecule has 0 saturated heterocycles. The molecular weight excluding hydrogens is 302 g/mol. The van der Waals surface area contributed by atoms with Crippen molar-refractivity contribution in [3.05, 3.63) is 59.4 Å². The second kappa shape index (κ2) is 7.56. The van der Waals surface area contributed by atoms with Gasteiger partial charge in [-0.3, -0.25) is 14.6 Å². The SMILES string of the molecule is CC(=O)N(CC(=O)Nc1ccc(Cl)cc1)Cc1ccccn1. The molecule has 1 heterocycles. The van der Waals surface area contributed by atoms with Gasteiger partial charge in [0.15, 0.2) is 0 Å². The smallest absolute Gasteiger partial charge is 0.244 e. The number of amides is 2. The van der Waals surface area contributed by atoms with E-state index in [1.165, 1.54) is 11.8 Å². The lowest BCUT2D eigenvalue weighted by Crippen LogP contribution is -2.36. The molecule has 2 amide bonds. The minimum absolute atomic E-state index is 0.0332. The zero-order valence-corrected chi connectivity index (χ0v) is 12.9. The number of benzene rings is 1. The van der Waals surface area contributed by atoms with Crippen LogP contribution in [0.4, 0.5) is 5.69 Å². The van der Waals surface area contributed by atoms with Crippen molar-refractivity contribution >= 4 is 29.1 Å². The molecule has 0 bridgehead atoms. The van der Waals surface area contributed by atoms with Gasteiger partial charge in [0.05, 0.1) is 12.2 Å². The van der Waals surface area contributed by atoms with Gasteiger partial charge in [0.2, 0.25) is 11.8 Å². The molecule has 0 radical (unpaired) electrons. The minimum atomic E-state index is -0.270. The highest BCUT2D eigenvalue weighted by atomic mass is 35.5. The summed E-state index contributed by atoms with van der Waals surface area (Å²) in [6, 6.07) is 12.2. The fraction of sp³-hybridized carbons (Fsp3) is 0.188. The normalized spacial score (nSPS) is 10.1. The third-order valence-corrected chi connectivity index (χ3v) is 3.24. The predicted octanol–water partition coefficient (Wildman–Crippen LogP) is 2.72. The first-order chi connectivity index (χ1) is 10.5. The van der Waals surface area contributed by atoms with E-state index in [4.69, 9.17) is 11.6 Å². The van der Waals surface area contributed by atoms with Gasteiger partial charge in [-0.1, -0.05) is 17.7 Å². The Bertz CT molecular complexity index is 644. The molecule has 5 nitrogen and oxygen atoms in total. The van der Waals surface area contributed by atoms with Crippen LogP contribution < -0.4 is 5.32 Å². The van der Waals surface area contributed by atoms with Crippen molar-refractivity contribution in [1.82, 2.24) is 9.88 Å². The monoisotopic (exact) mass is 317 g/mol. The number of anilines is 1. The Labute approximate surface area is 133 Å². The van der Waals surface area contributed by atoms with Crippen molar-refractivity contribution in [3.63, 3.8) is 0 Å². The summed E-state index contributed by atoms with van der Waals surface area (Å²) in [7, 11) is 0. The van der Waals surface area contributed by atoms with Crippen LogP contribution in [0.2, 0.25) is 5.02 Å². The lowest BCUT2D eigenvalue weighted by Gasteiger charge is -2.20. The Hall–Kier alpha value is -2.40. The predicted molar refractivity (Wildman–Crippen MR) is 85.4 cm³/mol. The maximum atomic E-state index is 12.0. The van der Waals surface area contributed by atoms with Crippen LogP contribution in [0.25, 0.3) is 0 Å². The lowest BCUT2D eigenvalue weighted by atomic mass is 10.3. The molecule has 0 aliphatic carbocycles. The molecule has 0 aliphatic heterocycles. The van der Waals surface area contributed by atoms with E-state index in [0.29, 0.717) is 17.3 Å². The summed E-state index contributed by atoms with van der Waals surface area (Å²) in [5.41, 5.74) is 1.37. The first-order valence-electron chi connectivity index (χ1n) is 6.75. The molecule has 0 atom stereocenters. The number of nitrogens with one attached hydrogen (secondary N) is 1. The van der Waals surface area contributed by atoms with Crippen molar-refractivity contribution in [3.8, 4) is 0 Å². The first kappa shape index (κ1) is 16.0. The van der Waals surface area contributed by atoms with Gasteiger partial charge in [-0.25, -0.2) is 0 Å². The molecule has 0 spiro atoms. The van der Waals surface area contributed by atoms with E-state index in [2.05, 4.69) is 10.3 Å². The van der Waals surface area contributed by atoms with Crippen LogP contribution in [0, 0.1) is 0 Å². The number of aromatic nitrogens is 1. The van der Waals surface area contributed by atoms with Crippen LogP contribution in [-0.4, -0.2) is 28.2 Å². The molecule has 1 aromatic carbocycles. The molecule has 2 aromatic rings. The van der Waals surface area contributed by atoms with Gasteiger partial charge in [0.25, 0.3) is 0 Å². The van der Waals surface area contributed by atoms with Crippen molar-refractivity contribution in [1.29, 1.82) is 0 Å². The van der Waals surface area contributed by atoms with Crippen molar-refractivity contribution in [2.45, 2.75) is 13.5 Å². The van der Waals surface area contributed by atoms with Crippen molar-refractivity contribution < 1.29 is 9.59 Å². The number of rotatable bonds is 5. The molecule has 0 fully saturated rings. The number of pyridine rings is 1. The summed E-state index contributed by atoms with van der Waals surface area (Å²) in [6.45, 7) is 1.69. The maximum absolute atomic E-state index is 12.0. The second-order valence-electron chi connectivity index (χ2n) is 4.75. The number of nitrogens with zero attached hydrogens (tertiary/aromatic N) is 2. The van der Waals surface area contributed by atoms with Gasteiger partial charge < -0.3 is 10.2 Å². The Morgan fingerprint density at radius 1 is 1.18 bits per heavy atom. The van der Waals surface area contributed by atoms with Crippen LogP contribution in [-0.2, 0) is 16.1 Å². The van der Waals surface area contributed by atoms with Crippen molar-refractivity contribution in [2.75, 3.05) is 11.9 Å². The van der Waals surface area contributed by atoms with Crippen LogP contribution >= 0.6 is 11.6 Å². The fourth-order valence-electron chi connectivity index (χ4n) is 1.87. The molecule has 22 heavy (non-hydrogen) atoms. The van der Waals surface area contributed by atoms with Gasteiger partial charge >= 0.3 is 0 Å². The molecular formula is C16H16ClN3O2. The van der Waals surface area contributed by atoms with E-state index in [-0.39, 0.29) is 18.4 Å². The summed E-state index contributed by atoms with van der Waals surface area (Å²) in [5, 5.41) is 3.32. The van der Waals surface area contributed by atoms with E-state index in [9.17, 15) is 9.59 Å². The highest BCUT2D eigenvalue weighted by molar-refractivity contribution is 6.30. The molecule has 1 aromatic heterocycles. The molecule has 2 rings (SSSR count). The van der Waals surface area contributed by atoms with Crippen molar-refractivity contribution in [2.24, 2.45) is 0 Å². The highest BCUT2D eigenvalue weighted by Gasteiger charge is 2.14. The zero-order chi connectivity index (χ0) is 15.9. The molecule has 114 valence electrons. The molecule has 0 aliphatic rings. The number of hydrogen-bond acceptors (Lipinski definition) is 3. The number of carbonyl (C=O) groups excluding carboxylic acids is 2. The van der Waals surface area contributed by atoms with E-state index in [0.717, 1.165) is 5.69 Å². The molecule has 6 heteroatoms. The molecule has 0 unspecified atom stereocenters. The highest BCUT2D eigenvalue weighted by Crippen LogP contribution is 2.13. The number of carbonyl (C=O) groups is 2. The average molecular weight is 318 g/mol. The van der Waals surface area contributed by atoms with Gasteiger partial charge in [-0.15, -0.1) is 0 Å². The van der Waals surface area contributed by atoms with Gasteiger partial charge in [-0.2, -0.15) is 0 Å². The number of hydrogen-bond donors (Lipinski definition) is 1. The zero-order valence-electron chi connectivity index (χ0n) is 12.1. The third kappa shape index (κ3) is 4.86. The largest absolute Gasteiger partial charge is 0.328 e. The minimum Gasteiger partial charge on any atom is -0.328 e. The summed E-state index contributed by atoms with van der Waals surface area (Å²) >= 11 is 5.79. The quantitative estimate of drug-likeness (QED) is 0.922. The molecule has 1 N–H and O–H groups in total. The second-order valence-corrected chi connectivity index (χ2v) is 5.19. The van der Waals surface area contributed by atoms with Gasteiger partial charge in [0, 0.05) is 23.8 Å². The van der Waals surface area contributed by atoms with E-state index in [1.807, 2.05) is 12.1 Å². The van der Waals surface area contributed by atoms with Crippen LogP contribution in [0.3, 0.4) is 0 Å². The fourth-order valence-corrected chi connectivity index (χ4v) is 2.00. The summed E-state index contributed by atoms with van der Waals surface area (Å²) in [5.74, 6) is -0.453. The van der Waals surface area contributed by atoms with Crippen LogP contribution in [0.1, 0.15) is 12.6 Å². The maximum Gasteiger partial charge on any atom is 0.244 e. The Morgan fingerprint density at radius 2 is 1.91 bits per heavy atom. The van der Waals surface area contributed by atoms with Crippen LogP contribution in [0.5, 0.6) is 0 Å². The summed E-state index contributed by atoms with van der Waals surface area (Å²) < 4.78 is 0. The summed E-state index contributed by atoms with van der Waals surface area (Å²) in [6.07, 6.45) is 1.65. The topological polar surface area (TPSA) is 62.3 Å². The van der Waals surface area contributed by atoms with E-state index >= 15 is 0 Å². The summed E-state index contributed by atoms with van der Waals surface area (Å²) in [4.78, 5) is 29.3. The number of halogens is 1. The standard InChI is InChI=1S/C16H16ClN3O2/c1-12(21)20(10-15-4-2-3-9-18-15)11-16(22)19-14-7-5-13(17)6-8-14/h2-9H,10-11H2,1H3,(H,19,22). The molecule has 0 saturated carbocycles. The average Bonchev–Trinajstić information content (AvgIpc) is 2.50. The van der Waals surface area contributed by atoms with Crippen LogP contribution in [0.15, 0.2) is 48.7 Å². The third-order valence-electron chi connectivity index (χ3n) is 2.99. The van der Waals surface area contributed by atoms with E-state index in [1.54, 1.807) is 36.5 Å². The Morgan fingerprint density at radius 3 is 2.50 bits per heavy atom. The Kier molecular flexibility index (Phi) is 5.49.